The van der Waals surface area contributed by atoms with E-state index >= 15 is 0 Å². The second-order valence-corrected chi connectivity index (χ2v) is 5.42. The lowest BCUT2D eigenvalue weighted by molar-refractivity contribution is 0.427. The Morgan fingerprint density at radius 3 is 2.62 bits per heavy atom. The van der Waals surface area contributed by atoms with Gasteiger partial charge in [-0.1, -0.05) is 5.16 Å². The summed E-state index contributed by atoms with van der Waals surface area (Å²) in [7, 11) is 0. The zero-order valence-corrected chi connectivity index (χ0v) is 13.2. The topological polar surface area (TPSA) is 77.8 Å². The molecule has 0 aromatic carbocycles. The van der Waals surface area contributed by atoms with Crippen LogP contribution in [0, 0.1) is 13.8 Å². The Bertz CT molecular complexity index is 989. The molecular formula is C18H14N4O2. The molecule has 4 aromatic rings. The van der Waals surface area contributed by atoms with Gasteiger partial charge in [0.15, 0.2) is 11.6 Å². The number of aromatic nitrogens is 4. The number of furan rings is 1. The van der Waals surface area contributed by atoms with Crippen LogP contribution < -0.4 is 0 Å². The highest BCUT2D eigenvalue weighted by Gasteiger charge is 2.18. The van der Waals surface area contributed by atoms with Gasteiger partial charge in [-0.3, -0.25) is 4.98 Å². The number of nitrogens with zero attached hydrogens (tertiary/aromatic N) is 4. The summed E-state index contributed by atoms with van der Waals surface area (Å²) >= 11 is 0. The summed E-state index contributed by atoms with van der Waals surface area (Å²) in [5.74, 6) is 2.00. The van der Waals surface area contributed by atoms with Crippen LogP contribution in [-0.2, 0) is 0 Å². The monoisotopic (exact) mass is 318 g/mol. The molecule has 0 aliphatic carbocycles. The van der Waals surface area contributed by atoms with Gasteiger partial charge in [0, 0.05) is 35.8 Å². The summed E-state index contributed by atoms with van der Waals surface area (Å²) in [6.07, 6.45) is 6.85. The summed E-state index contributed by atoms with van der Waals surface area (Å²) in [6, 6.07) is 7.53. The van der Waals surface area contributed by atoms with Crippen molar-refractivity contribution in [3.63, 3.8) is 0 Å². The second kappa shape index (κ2) is 5.73. The van der Waals surface area contributed by atoms with Gasteiger partial charge in [0.1, 0.15) is 5.76 Å². The molecule has 0 aliphatic heterocycles. The van der Waals surface area contributed by atoms with Gasteiger partial charge in [0.05, 0.1) is 23.2 Å². The average Bonchev–Trinajstić information content (AvgIpc) is 3.23. The van der Waals surface area contributed by atoms with Gasteiger partial charge in [-0.25, -0.2) is 9.97 Å². The molecule has 0 aliphatic rings. The maximum absolute atomic E-state index is 5.44. The number of aryl methyl sites for hydroxylation is 2. The molecule has 24 heavy (non-hydrogen) atoms. The minimum absolute atomic E-state index is 0.596. The van der Waals surface area contributed by atoms with Crippen molar-refractivity contribution in [2.75, 3.05) is 0 Å². The van der Waals surface area contributed by atoms with Crippen molar-refractivity contribution < 1.29 is 8.94 Å². The van der Waals surface area contributed by atoms with E-state index in [0.717, 1.165) is 33.8 Å². The predicted molar refractivity (Wildman–Crippen MR) is 87.9 cm³/mol. The SMILES string of the molecule is Cc1cc(-c2cnc(-c3cccnc3)nc2-c2ccoc2C)on1. The van der Waals surface area contributed by atoms with Crippen LogP contribution in [0.15, 0.2) is 58.1 Å². The van der Waals surface area contributed by atoms with Gasteiger partial charge >= 0.3 is 0 Å². The molecule has 0 saturated heterocycles. The third-order valence-electron chi connectivity index (χ3n) is 3.72. The van der Waals surface area contributed by atoms with Gasteiger partial charge in [-0.05, 0) is 32.0 Å². The van der Waals surface area contributed by atoms with E-state index in [2.05, 4.69) is 15.1 Å². The Morgan fingerprint density at radius 2 is 1.96 bits per heavy atom. The third kappa shape index (κ3) is 2.48. The van der Waals surface area contributed by atoms with Crippen LogP contribution in [0.3, 0.4) is 0 Å². The molecule has 0 bridgehead atoms. The molecule has 4 aromatic heterocycles. The molecule has 0 unspecified atom stereocenters. The van der Waals surface area contributed by atoms with Crippen molar-refractivity contribution in [2.45, 2.75) is 13.8 Å². The minimum Gasteiger partial charge on any atom is -0.469 e. The van der Waals surface area contributed by atoms with E-state index in [9.17, 15) is 0 Å². The van der Waals surface area contributed by atoms with Gasteiger partial charge in [-0.2, -0.15) is 0 Å². The first-order chi connectivity index (χ1) is 11.7. The zero-order chi connectivity index (χ0) is 16.5. The smallest absolute Gasteiger partial charge is 0.170 e. The minimum atomic E-state index is 0.596. The van der Waals surface area contributed by atoms with Gasteiger partial charge in [0.2, 0.25) is 0 Å². The predicted octanol–water partition coefficient (Wildman–Crippen LogP) is 4.07. The highest BCUT2D eigenvalue weighted by molar-refractivity contribution is 5.80. The molecule has 0 amide bonds. The molecule has 0 saturated carbocycles. The number of hydrogen-bond acceptors (Lipinski definition) is 6. The van der Waals surface area contributed by atoms with Crippen molar-refractivity contribution in [2.24, 2.45) is 0 Å². The summed E-state index contributed by atoms with van der Waals surface area (Å²) in [4.78, 5) is 13.3. The molecule has 118 valence electrons. The average molecular weight is 318 g/mol. The van der Waals surface area contributed by atoms with E-state index in [4.69, 9.17) is 13.9 Å². The van der Waals surface area contributed by atoms with Crippen molar-refractivity contribution >= 4 is 0 Å². The molecule has 0 radical (unpaired) electrons. The fourth-order valence-electron chi connectivity index (χ4n) is 2.52. The van der Waals surface area contributed by atoms with E-state index in [1.54, 1.807) is 24.9 Å². The first-order valence-corrected chi connectivity index (χ1v) is 7.48. The van der Waals surface area contributed by atoms with E-state index in [-0.39, 0.29) is 0 Å². The normalized spacial score (nSPS) is 10.9. The molecule has 6 nitrogen and oxygen atoms in total. The van der Waals surface area contributed by atoms with Crippen molar-refractivity contribution in [3.8, 4) is 34.0 Å². The second-order valence-electron chi connectivity index (χ2n) is 5.42. The summed E-state index contributed by atoms with van der Waals surface area (Å²) in [6.45, 7) is 3.78. The Balaban J connectivity index is 1.93. The van der Waals surface area contributed by atoms with E-state index in [1.165, 1.54) is 0 Å². The van der Waals surface area contributed by atoms with Crippen molar-refractivity contribution in [3.05, 3.63) is 60.6 Å². The highest BCUT2D eigenvalue weighted by Crippen LogP contribution is 2.34. The molecule has 4 heterocycles. The van der Waals surface area contributed by atoms with Crippen LogP contribution in [0.2, 0.25) is 0 Å². The summed E-state index contributed by atoms with van der Waals surface area (Å²) in [5.41, 5.74) is 4.06. The van der Waals surface area contributed by atoms with Crippen LogP contribution in [0.25, 0.3) is 34.0 Å². The lowest BCUT2D eigenvalue weighted by Crippen LogP contribution is -1.96. The molecule has 0 atom stereocenters. The van der Waals surface area contributed by atoms with Crippen LogP contribution in [-0.4, -0.2) is 20.1 Å². The fourth-order valence-corrected chi connectivity index (χ4v) is 2.52. The van der Waals surface area contributed by atoms with Crippen LogP contribution in [0.1, 0.15) is 11.5 Å². The standard InChI is InChI=1S/C18H14N4O2/c1-11-8-16(24-22-11)15-10-20-18(13-4-3-6-19-9-13)21-17(15)14-5-7-23-12(14)2/h3-10H,1-2H3. The van der Waals surface area contributed by atoms with Gasteiger partial charge in [0.25, 0.3) is 0 Å². The summed E-state index contributed by atoms with van der Waals surface area (Å²) < 4.78 is 10.8. The fraction of sp³-hybridized carbons (Fsp3) is 0.111. The maximum atomic E-state index is 5.44. The third-order valence-corrected chi connectivity index (χ3v) is 3.72. The molecule has 0 spiro atoms. The number of rotatable bonds is 3. The molecule has 0 fully saturated rings. The van der Waals surface area contributed by atoms with Gasteiger partial charge in [-0.15, -0.1) is 0 Å². The largest absolute Gasteiger partial charge is 0.469 e. The van der Waals surface area contributed by atoms with Crippen molar-refractivity contribution in [1.82, 2.24) is 20.1 Å². The first kappa shape index (κ1) is 14.3. The van der Waals surface area contributed by atoms with E-state index < -0.39 is 0 Å². The Labute approximate surface area is 138 Å². The van der Waals surface area contributed by atoms with Crippen LogP contribution in [0.4, 0.5) is 0 Å². The lowest BCUT2D eigenvalue weighted by Gasteiger charge is -2.07. The lowest BCUT2D eigenvalue weighted by atomic mass is 10.1. The summed E-state index contributed by atoms with van der Waals surface area (Å²) in [5, 5.41) is 3.95. The van der Waals surface area contributed by atoms with Crippen LogP contribution in [0.5, 0.6) is 0 Å². The Kier molecular flexibility index (Phi) is 3.42. The maximum Gasteiger partial charge on any atom is 0.170 e. The first-order valence-electron chi connectivity index (χ1n) is 7.48. The zero-order valence-electron chi connectivity index (χ0n) is 13.2. The number of hydrogen-bond donors (Lipinski definition) is 0. The number of pyridine rings is 1. The highest BCUT2D eigenvalue weighted by atomic mass is 16.5. The Hall–Kier alpha value is -3.28. The molecule has 4 rings (SSSR count). The molecule has 0 N–H and O–H groups in total. The molecular weight excluding hydrogens is 304 g/mol. The van der Waals surface area contributed by atoms with E-state index in [0.29, 0.717) is 11.6 Å². The van der Waals surface area contributed by atoms with E-state index in [1.807, 2.05) is 38.1 Å². The van der Waals surface area contributed by atoms with Crippen LogP contribution >= 0.6 is 0 Å². The van der Waals surface area contributed by atoms with Gasteiger partial charge < -0.3 is 8.94 Å². The van der Waals surface area contributed by atoms with Crippen molar-refractivity contribution in [1.29, 1.82) is 0 Å². The quantitative estimate of drug-likeness (QED) is 0.566. The molecule has 6 heteroatoms. The Morgan fingerprint density at radius 1 is 1.04 bits per heavy atom.